The van der Waals surface area contributed by atoms with Gasteiger partial charge >= 0.3 is 0 Å². The van der Waals surface area contributed by atoms with Crippen LogP contribution in [0.1, 0.15) is 39.3 Å². The van der Waals surface area contributed by atoms with Crippen molar-refractivity contribution < 1.29 is 0 Å². The Bertz CT molecular complexity index is 321. The maximum atomic E-state index is 5.75. The van der Waals surface area contributed by atoms with Gasteiger partial charge in [-0.1, -0.05) is 11.6 Å². The van der Waals surface area contributed by atoms with Gasteiger partial charge in [-0.15, -0.1) is 0 Å². The summed E-state index contributed by atoms with van der Waals surface area (Å²) in [4.78, 5) is 0. The van der Waals surface area contributed by atoms with Crippen LogP contribution in [-0.2, 0) is 0 Å². The molecule has 2 N–H and O–H groups in total. The van der Waals surface area contributed by atoms with Crippen LogP contribution in [0.5, 0.6) is 0 Å². The minimum Gasteiger partial charge on any atom is -0.324 e. The van der Waals surface area contributed by atoms with Crippen molar-refractivity contribution >= 4 is 6.08 Å². The topological polar surface area (TPSA) is 43.8 Å². The molecule has 1 heterocycles. The summed E-state index contributed by atoms with van der Waals surface area (Å²) in [5, 5.41) is 4.26. The molecule has 0 aromatic carbocycles. The zero-order valence-electron chi connectivity index (χ0n) is 9.36. The zero-order chi connectivity index (χ0) is 10.7. The Balaban J connectivity index is 2.83. The highest BCUT2D eigenvalue weighted by Gasteiger charge is 2.01. The predicted molar refractivity (Wildman–Crippen MR) is 59.9 cm³/mol. The lowest BCUT2D eigenvalue weighted by atomic mass is 10.1. The van der Waals surface area contributed by atoms with Gasteiger partial charge in [0.25, 0.3) is 0 Å². The molecule has 0 radical (unpaired) electrons. The molecule has 0 spiro atoms. The van der Waals surface area contributed by atoms with E-state index >= 15 is 0 Å². The number of rotatable bonds is 3. The van der Waals surface area contributed by atoms with Crippen LogP contribution >= 0.6 is 0 Å². The van der Waals surface area contributed by atoms with E-state index in [4.69, 9.17) is 5.73 Å². The van der Waals surface area contributed by atoms with Gasteiger partial charge in [0.1, 0.15) is 0 Å². The standard InChI is InChI=1S/C11H19N3/c1-8(2)14-7-11(6-13-14)5-9(3)10(4)12/h5-8,10H,12H2,1-4H3/b9-5-. The van der Waals surface area contributed by atoms with E-state index in [1.54, 1.807) is 0 Å². The van der Waals surface area contributed by atoms with Gasteiger partial charge in [0.2, 0.25) is 0 Å². The molecule has 0 amide bonds. The fourth-order valence-corrected chi connectivity index (χ4v) is 1.10. The van der Waals surface area contributed by atoms with Gasteiger partial charge in [-0.2, -0.15) is 5.10 Å². The summed E-state index contributed by atoms with van der Waals surface area (Å²) in [5.41, 5.74) is 8.05. The van der Waals surface area contributed by atoms with E-state index in [9.17, 15) is 0 Å². The third-order valence-corrected chi connectivity index (χ3v) is 2.26. The van der Waals surface area contributed by atoms with Crippen LogP contribution in [0.25, 0.3) is 6.08 Å². The number of hydrogen-bond acceptors (Lipinski definition) is 2. The first-order valence-corrected chi connectivity index (χ1v) is 4.98. The Morgan fingerprint density at radius 1 is 1.50 bits per heavy atom. The molecule has 1 aromatic rings. The molecule has 0 saturated carbocycles. The molecule has 3 heteroatoms. The molecule has 78 valence electrons. The molecule has 0 bridgehead atoms. The molecule has 1 unspecified atom stereocenters. The van der Waals surface area contributed by atoms with Gasteiger partial charge in [0, 0.05) is 23.8 Å². The molecule has 0 fully saturated rings. The smallest absolute Gasteiger partial charge is 0.0562 e. The Hall–Kier alpha value is -1.09. The van der Waals surface area contributed by atoms with Crippen molar-refractivity contribution in [1.29, 1.82) is 0 Å². The summed E-state index contributed by atoms with van der Waals surface area (Å²) in [6, 6.07) is 0.519. The van der Waals surface area contributed by atoms with E-state index in [1.807, 2.05) is 30.9 Å². The molecule has 0 saturated heterocycles. The highest BCUT2D eigenvalue weighted by atomic mass is 15.3. The van der Waals surface area contributed by atoms with E-state index in [0.717, 1.165) is 5.56 Å². The van der Waals surface area contributed by atoms with Crippen molar-refractivity contribution in [3.05, 3.63) is 23.5 Å². The normalized spacial score (nSPS) is 14.9. The molecular formula is C11H19N3. The average molecular weight is 193 g/mol. The quantitative estimate of drug-likeness (QED) is 0.800. The fourth-order valence-electron chi connectivity index (χ4n) is 1.10. The lowest BCUT2D eigenvalue weighted by molar-refractivity contribution is 0.532. The van der Waals surface area contributed by atoms with Crippen LogP contribution in [0.3, 0.4) is 0 Å². The second kappa shape index (κ2) is 4.42. The van der Waals surface area contributed by atoms with Crippen LogP contribution in [0, 0.1) is 0 Å². The number of hydrogen-bond donors (Lipinski definition) is 1. The van der Waals surface area contributed by atoms with Crippen molar-refractivity contribution in [2.24, 2.45) is 5.73 Å². The van der Waals surface area contributed by atoms with Crippen molar-refractivity contribution in [3.8, 4) is 0 Å². The summed E-state index contributed by atoms with van der Waals surface area (Å²) in [5.74, 6) is 0. The molecule has 1 rings (SSSR count). The van der Waals surface area contributed by atoms with Gasteiger partial charge in [-0.3, -0.25) is 4.68 Å². The average Bonchev–Trinajstić information content (AvgIpc) is 2.52. The van der Waals surface area contributed by atoms with Crippen molar-refractivity contribution in [1.82, 2.24) is 9.78 Å². The Morgan fingerprint density at radius 3 is 2.57 bits per heavy atom. The Kier molecular flexibility index (Phi) is 3.47. The number of nitrogens with zero attached hydrogens (tertiary/aromatic N) is 2. The maximum Gasteiger partial charge on any atom is 0.0562 e. The Morgan fingerprint density at radius 2 is 2.14 bits per heavy atom. The predicted octanol–water partition coefficient (Wildman–Crippen LogP) is 2.21. The second-order valence-electron chi connectivity index (χ2n) is 4.02. The third-order valence-electron chi connectivity index (χ3n) is 2.26. The molecule has 3 nitrogen and oxygen atoms in total. The van der Waals surface area contributed by atoms with Crippen molar-refractivity contribution in [3.63, 3.8) is 0 Å². The second-order valence-corrected chi connectivity index (χ2v) is 4.02. The molecular weight excluding hydrogens is 174 g/mol. The van der Waals surface area contributed by atoms with Crippen LogP contribution < -0.4 is 5.73 Å². The molecule has 0 aliphatic rings. The van der Waals surface area contributed by atoms with Gasteiger partial charge < -0.3 is 5.73 Å². The van der Waals surface area contributed by atoms with Crippen LogP contribution in [0.4, 0.5) is 0 Å². The summed E-state index contributed by atoms with van der Waals surface area (Å²) in [7, 11) is 0. The first kappa shape index (κ1) is 11.0. The molecule has 1 atom stereocenters. The van der Waals surface area contributed by atoms with Crippen molar-refractivity contribution in [2.45, 2.75) is 39.8 Å². The highest BCUT2D eigenvalue weighted by molar-refractivity contribution is 5.51. The monoisotopic (exact) mass is 193 g/mol. The highest BCUT2D eigenvalue weighted by Crippen LogP contribution is 2.10. The molecule has 14 heavy (non-hydrogen) atoms. The SMILES string of the molecule is C/C(=C/c1cnn(C(C)C)c1)C(C)N. The minimum absolute atomic E-state index is 0.109. The summed E-state index contributed by atoms with van der Waals surface area (Å²) < 4.78 is 1.94. The molecule has 0 aliphatic carbocycles. The molecule has 1 aromatic heterocycles. The Labute approximate surface area is 85.6 Å². The number of nitrogens with two attached hydrogens (primary N) is 1. The van der Waals surface area contributed by atoms with Crippen LogP contribution in [0.15, 0.2) is 18.0 Å². The summed E-state index contributed by atoms with van der Waals surface area (Å²) in [6.07, 6.45) is 5.99. The summed E-state index contributed by atoms with van der Waals surface area (Å²) in [6.45, 7) is 8.24. The van der Waals surface area contributed by atoms with Gasteiger partial charge in [0.05, 0.1) is 6.20 Å². The third kappa shape index (κ3) is 2.70. The van der Waals surface area contributed by atoms with Crippen molar-refractivity contribution in [2.75, 3.05) is 0 Å². The first-order chi connectivity index (χ1) is 6.50. The van der Waals surface area contributed by atoms with Gasteiger partial charge in [-0.25, -0.2) is 0 Å². The van der Waals surface area contributed by atoms with E-state index in [-0.39, 0.29) is 6.04 Å². The lowest BCUT2D eigenvalue weighted by Crippen LogP contribution is -2.15. The largest absolute Gasteiger partial charge is 0.324 e. The van der Waals surface area contributed by atoms with Crippen LogP contribution in [0.2, 0.25) is 0 Å². The van der Waals surface area contributed by atoms with E-state index in [0.29, 0.717) is 6.04 Å². The lowest BCUT2D eigenvalue weighted by Gasteiger charge is -2.04. The minimum atomic E-state index is 0.109. The van der Waals surface area contributed by atoms with Gasteiger partial charge in [-0.05, 0) is 27.7 Å². The van der Waals surface area contributed by atoms with E-state index in [2.05, 4.69) is 25.0 Å². The molecule has 0 aliphatic heterocycles. The van der Waals surface area contributed by atoms with E-state index < -0.39 is 0 Å². The zero-order valence-corrected chi connectivity index (χ0v) is 9.36. The van der Waals surface area contributed by atoms with E-state index in [1.165, 1.54) is 5.57 Å². The summed E-state index contributed by atoms with van der Waals surface area (Å²) >= 11 is 0. The number of aromatic nitrogens is 2. The first-order valence-electron chi connectivity index (χ1n) is 4.98. The van der Waals surface area contributed by atoms with Gasteiger partial charge in [0.15, 0.2) is 0 Å². The fraction of sp³-hybridized carbons (Fsp3) is 0.545. The van der Waals surface area contributed by atoms with Crippen LogP contribution in [-0.4, -0.2) is 15.8 Å². The maximum absolute atomic E-state index is 5.75.